The number of urea groups is 1. The van der Waals surface area contributed by atoms with Crippen molar-refractivity contribution in [3.8, 4) is 0 Å². The van der Waals surface area contributed by atoms with Gasteiger partial charge in [0.05, 0.1) is 0 Å². The second kappa shape index (κ2) is 8.53. The number of nitrogens with one attached hydrogen (secondary N) is 2. The third-order valence-corrected chi connectivity index (χ3v) is 4.23. The molecule has 3 heteroatoms. The average Bonchev–Trinajstić information content (AvgIpc) is 2.58. The Kier molecular flexibility index (Phi) is 6.42. The Labute approximate surface area is 145 Å². The molecule has 3 nitrogen and oxygen atoms in total. The predicted molar refractivity (Wildman–Crippen MR) is 100 cm³/mol. The van der Waals surface area contributed by atoms with E-state index in [1.807, 2.05) is 24.3 Å². The highest BCUT2D eigenvalue weighted by atomic mass is 16.2. The van der Waals surface area contributed by atoms with E-state index >= 15 is 0 Å². The zero-order valence-corrected chi connectivity index (χ0v) is 15.1. The molecule has 0 radical (unpaired) electrons. The van der Waals surface area contributed by atoms with E-state index in [4.69, 9.17) is 0 Å². The van der Waals surface area contributed by atoms with Crippen LogP contribution in [-0.4, -0.2) is 6.03 Å². The molecular formula is C21H28N2O. The van der Waals surface area contributed by atoms with Gasteiger partial charge in [0, 0.05) is 13.1 Å². The molecular weight excluding hydrogens is 296 g/mol. The second-order valence-corrected chi connectivity index (χ2v) is 6.74. The summed E-state index contributed by atoms with van der Waals surface area (Å²) < 4.78 is 0. The summed E-state index contributed by atoms with van der Waals surface area (Å²) >= 11 is 0. The fourth-order valence-electron chi connectivity index (χ4n) is 2.93. The van der Waals surface area contributed by atoms with E-state index in [2.05, 4.69) is 62.6 Å². The standard InChI is InChI=1S/C21H28N2O/c1-15(2)19-11-7-5-9-17(19)13-22-21(24)23-14-18-10-6-8-12-20(18)16(3)4/h5-12,15-16H,13-14H2,1-4H3,(H2,22,23,24). The number of rotatable bonds is 6. The predicted octanol–water partition coefficient (Wildman–Crippen LogP) is 4.93. The van der Waals surface area contributed by atoms with Gasteiger partial charge in [0.15, 0.2) is 0 Å². The minimum atomic E-state index is -0.132. The van der Waals surface area contributed by atoms with Gasteiger partial charge in [-0.05, 0) is 34.1 Å². The number of amides is 2. The van der Waals surface area contributed by atoms with Gasteiger partial charge in [-0.1, -0.05) is 76.2 Å². The number of hydrogen-bond donors (Lipinski definition) is 2. The molecule has 0 spiro atoms. The molecule has 24 heavy (non-hydrogen) atoms. The fraction of sp³-hybridized carbons (Fsp3) is 0.381. The molecule has 0 aliphatic carbocycles. The molecule has 0 aromatic heterocycles. The maximum absolute atomic E-state index is 12.1. The van der Waals surface area contributed by atoms with Crippen LogP contribution in [0.15, 0.2) is 48.5 Å². The minimum absolute atomic E-state index is 0.132. The summed E-state index contributed by atoms with van der Waals surface area (Å²) in [6, 6.07) is 16.4. The monoisotopic (exact) mass is 324 g/mol. The van der Waals surface area contributed by atoms with Crippen LogP contribution in [0.1, 0.15) is 61.8 Å². The maximum Gasteiger partial charge on any atom is 0.315 e. The smallest absolute Gasteiger partial charge is 0.315 e. The molecule has 0 fully saturated rings. The molecule has 2 rings (SSSR count). The summed E-state index contributed by atoms with van der Waals surface area (Å²) in [6.45, 7) is 9.77. The maximum atomic E-state index is 12.1. The average molecular weight is 324 g/mol. The third-order valence-electron chi connectivity index (χ3n) is 4.23. The van der Waals surface area contributed by atoms with Gasteiger partial charge >= 0.3 is 6.03 Å². The Morgan fingerprint density at radius 2 is 1.12 bits per heavy atom. The molecule has 0 atom stereocenters. The van der Waals surface area contributed by atoms with Crippen LogP contribution in [0.4, 0.5) is 4.79 Å². The van der Waals surface area contributed by atoms with Gasteiger partial charge in [-0.15, -0.1) is 0 Å². The zero-order chi connectivity index (χ0) is 17.5. The molecule has 2 aromatic rings. The van der Waals surface area contributed by atoms with Crippen LogP contribution < -0.4 is 10.6 Å². The first-order valence-corrected chi connectivity index (χ1v) is 8.66. The van der Waals surface area contributed by atoms with Crippen LogP contribution in [0.5, 0.6) is 0 Å². The van der Waals surface area contributed by atoms with Crippen LogP contribution in [0.25, 0.3) is 0 Å². The minimum Gasteiger partial charge on any atom is -0.334 e. The van der Waals surface area contributed by atoms with E-state index in [1.165, 1.54) is 22.3 Å². The summed E-state index contributed by atoms with van der Waals surface area (Å²) in [5, 5.41) is 5.93. The molecule has 0 unspecified atom stereocenters. The van der Waals surface area contributed by atoms with Crippen LogP contribution in [0.2, 0.25) is 0 Å². The van der Waals surface area contributed by atoms with Crippen molar-refractivity contribution in [1.82, 2.24) is 10.6 Å². The Hall–Kier alpha value is -2.29. The van der Waals surface area contributed by atoms with E-state index in [0.29, 0.717) is 24.9 Å². The SMILES string of the molecule is CC(C)c1ccccc1CNC(=O)NCc1ccccc1C(C)C. The van der Waals surface area contributed by atoms with Crippen LogP contribution in [-0.2, 0) is 13.1 Å². The first kappa shape index (κ1) is 18.1. The Morgan fingerprint density at radius 1 is 0.750 bits per heavy atom. The van der Waals surface area contributed by atoms with Crippen LogP contribution in [0, 0.1) is 0 Å². The topological polar surface area (TPSA) is 41.1 Å². The van der Waals surface area contributed by atoms with Crippen molar-refractivity contribution in [2.75, 3.05) is 0 Å². The van der Waals surface area contributed by atoms with Crippen molar-refractivity contribution in [3.05, 3.63) is 70.8 Å². The lowest BCUT2D eigenvalue weighted by Gasteiger charge is -2.15. The number of carbonyl (C=O) groups excluding carboxylic acids is 1. The Morgan fingerprint density at radius 3 is 1.50 bits per heavy atom. The van der Waals surface area contributed by atoms with Gasteiger partial charge in [0.2, 0.25) is 0 Å². The van der Waals surface area contributed by atoms with Crippen molar-refractivity contribution in [2.45, 2.75) is 52.6 Å². The summed E-state index contributed by atoms with van der Waals surface area (Å²) in [7, 11) is 0. The van der Waals surface area contributed by atoms with Gasteiger partial charge in [-0.3, -0.25) is 0 Å². The highest BCUT2D eigenvalue weighted by molar-refractivity contribution is 5.73. The molecule has 0 aliphatic heterocycles. The summed E-state index contributed by atoms with van der Waals surface area (Å²) in [4.78, 5) is 12.1. The van der Waals surface area contributed by atoms with Gasteiger partial charge in [-0.25, -0.2) is 4.79 Å². The normalized spacial score (nSPS) is 10.9. The molecule has 2 N–H and O–H groups in total. The van der Waals surface area contributed by atoms with E-state index in [-0.39, 0.29) is 6.03 Å². The summed E-state index contributed by atoms with van der Waals surface area (Å²) in [6.07, 6.45) is 0. The van der Waals surface area contributed by atoms with E-state index < -0.39 is 0 Å². The third kappa shape index (κ3) is 4.85. The first-order valence-electron chi connectivity index (χ1n) is 8.66. The molecule has 0 saturated heterocycles. The van der Waals surface area contributed by atoms with Crippen LogP contribution in [0.3, 0.4) is 0 Å². The van der Waals surface area contributed by atoms with Crippen molar-refractivity contribution >= 4 is 6.03 Å². The zero-order valence-electron chi connectivity index (χ0n) is 15.1. The van der Waals surface area contributed by atoms with E-state index in [9.17, 15) is 4.79 Å². The summed E-state index contributed by atoms with van der Waals surface area (Å²) in [5.74, 6) is 0.896. The number of hydrogen-bond acceptors (Lipinski definition) is 1. The van der Waals surface area contributed by atoms with Gasteiger partial charge < -0.3 is 10.6 Å². The molecule has 2 aromatic carbocycles. The highest BCUT2D eigenvalue weighted by Crippen LogP contribution is 2.20. The van der Waals surface area contributed by atoms with Crippen molar-refractivity contribution < 1.29 is 4.79 Å². The lowest BCUT2D eigenvalue weighted by atomic mass is 9.97. The molecule has 0 saturated carbocycles. The second-order valence-electron chi connectivity index (χ2n) is 6.74. The molecule has 0 heterocycles. The fourth-order valence-corrected chi connectivity index (χ4v) is 2.93. The lowest BCUT2D eigenvalue weighted by molar-refractivity contribution is 0.240. The molecule has 2 amide bonds. The van der Waals surface area contributed by atoms with E-state index in [1.54, 1.807) is 0 Å². The first-order chi connectivity index (χ1) is 11.5. The lowest BCUT2D eigenvalue weighted by Crippen LogP contribution is -2.35. The molecule has 0 bridgehead atoms. The van der Waals surface area contributed by atoms with Gasteiger partial charge in [0.1, 0.15) is 0 Å². The molecule has 0 aliphatic rings. The van der Waals surface area contributed by atoms with Crippen molar-refractivity contribution in [1.29, 1.82) is 0 Å². The van der Waals surface area contributed by atoms with Crippen molar-refractivity contribution in [2.24, 2.45) is 0 Å². The molecule has 128 valence electrons. The Bertz CT molecular complexity index is 620. The number of benzene rings is 2. The quantitative estimate of drug-likeness (QED) is 0.777. The van der Waals surface area contributed by atoms with Crippen molar-refractivity contribution in [3.63, 3.8) is 0 Å². The summed E-state index contributed by atoms with van der Waals surface area (Å²) in [5.41, 5.74) is 4.90. The highest BCUT2D eigenvalue weighted by Gasteiger charge is 2.09. The van der Waals surface area contributed by atoms with Gasteiger partial charge in [-0.2, -0.15) is 0 Å². The van der Waals surface area contributed by atoms with E-state index in [0.717, 1.165) is 0 Å². The number of carbonyl (C=O) groups is 1. The van der Waals surface area contributed by atoms with Gasteiger partial charge in [0.25, 0.3) is 0 Å². The Balaban J connectivity index is 1.91. The van der Waals surface area contributed by atoms with Crippen LogP contribution >= 0.6 is 0 Å². The largest absolute Gasteiger partial charge is 0.334 e.